The number of hydrogen-bond acceptors (Lipinski definition) is 4. The number of anilines is 1. The number of carbonyl (C=O) groups excluding carboxylic acids is 2. The van der Waals surface area contributed by atoms with Crippen molar-refractivity contribution in [2.24, 2.45) is 0 Å². The van der Waals surface area contributed by atoms with Gasteiger partial charge in [0.05, 0.1) is 7.11 Å². The Balaban J connectivity index is 1.59. The lowest BCUT2D eigenvalue weighted by Gasteiger charge is -2.22. The van der Waals surface area contributed by atoms with E-state index in [2.05, 4.69) is 16.1 Å². The maximum atomic E-state index is 12.8. The SMILES string of the molecule is COc1ccc(NC(=S)NN2C(=O)N[C@@](C)(CCc3ccccc3)C2=O)cc1. The first-order valence-electron chi connectivity index (χ1n) is 8.83. The van der Waals surface area contributed by atoms with E-state index in [1.807, 2.05) is 30.3 Å². The predicted molar refractivity (Wildman–Crippen MR) is 111 cm³/mol. The summed E-state index contributed by atoms with van der Waals surface area (Å²) in [5.74, 6) is 0.347. The van der Waals surface area contributed by atoms with Gasteiger partial charge in [0.1, 0.15) is 11.3 Å². The third kappa shape index (κ3) is 4.40. The minimum atomic E-state index is -0.990. The van der Waals surface area contributed by atoms with Crippen molar-refractivity contribution in [3.8, 4) is 5.75 Å². The molecule has 0 spiro atoms. The van der Waals surface area contributed by atoms with E-state index in [-0.39, 0.29) is 11.0 Å². The number of hydrogen-bond donors (Lipinski definition) is 3. The van der Waals surface area contributed by atoms with Crippen molar-refractivity contribution in [3.63, 3.8) is 0 Å². The molecule has 0 radical (unpaired) electrons. The smallest absolute Gasteiger partial charge is 0.344 e. The maximum absolute atomic E-state index is 12.8. The van der Waals surface area contributed by atoms with Crippen LogP contribution in [0.25, 0.3) is 0 Å². The van der Waals surface area contributed by atoms with Crippen LogP contribution in [0, 0.1) is 0 Å². The molecule has 28 heavy (non-hydrogen) atoms. The van der Waals surface area contributed by atoms with Crippen molar-refractivity contribution >= 4 is 35.0 Å². The van der Waals surface area contributed by atoms with Crippen LogP contribution in [0.3, 0.4) is 0 Å². The molecule has 0 aromatic heterocycles. The van der Waals surface area contributed by atoms with E-state index in [1.54, 1.807) is 38.3 Å². The normalized spacial score (nSPS) is 18.6. The molecule has 1 aliphatic rings. The summed E-state index contributed by atoms with van der Waals surface area (Å²) in [5.41, 5.74) is 3.49. The zero-order valence-corrected chi connectivity index (χ0v) is 16.5. The highest BCUT2D eigenvalue weighted by Gasteiger charge is 2.48. The number of thiocarbonyl (C=S) groups is 1. The van der Waals surface area contributed by atoms with Crippen molar-refractivity contribution in [1.82, 2.24) is 15.8 Å². The van der Waals surface area contributed by atoms with Gasteiger partial charge < -0.3 is 15.4 Å². The molecule has 1 saturated heterocycles. The third-order valence-electron chi connectivity index (χ3n) is 4.58. The molecule has 0 saturated carbocycles. The van der Waals surface area contributed by atoms with Crippen LogP contribution in [0.4, 0.5) is 10.5 Å². The van der Waals surface area contributed by atoms with Crippen molar-refractivity contribution in [2.75, 3.05) is 12.4 Å². The molecule has 1 atom stereocenters. The fraction of sp³-hybridized carbons (Fsp3) is 0.250. The number of ether oxygens (including phenoxy) is 1. The second kappa shape index (κ2) is 8.26. The molecule has 3 N–H and O–H groups in total. The summed E-state index contributed by atoms with van der Waals surface area (Å²) >= 11 is 5.23. The number of rotatable bonds is 6. The van der Waals surface area contributed by atoms with E-state index in [0.717, 1.165) is 10.6 Å². The number of nitrogens with one attached hydrogen (secondary N) is 3. The Bertz CT molecular complexity index is 873. The molecular weight excluding hydrogens is 376 g/mol. The lowest BCUT2D eigenvalue weighted by molar-refractivity contribution is -0.132. The summed E-state index contributed by atoms with van der Waals surface area (Å²) in [5, 5.41) is 6.75. The Kier molecular flexibility index (Phi) is 5.79. The predicted octanol–water partition coefficient (Wildman–Crippen LogP) is 2.84. The Hall–Kier alpha value is -3.13. The molecule has 2 aromatic carbocycles. The van der Waals surface area contributed by atoms with Crippen molar-refractivity contribution in [1.29, 1.82) is 0 Å². The van der Waals surface area contributed by atoms with E-state index in [1.165, 1.54) is 0 Å². The Morgan fingerprint density at radius 3 is 2.46 bits per heavy atom. The van der Waals surface area contributed by atoms with Gasteiger partial charge >= 0.3 is 6.03 Å². The molecule has 3 rings (SSSR count). The fourth-order valence-electron chi connectivity index (χ4n) is 2.93. The highest BCUT2D eigenvalue weighted by molar-refractivity contribution is 7.80. The minimum Gasteiger partial charge on any atom is -0.497 e. The molecule has 1 fully saturated rings. The first-order chi connectivity index (χ1) is 13.4. The Morgan fingerprint density at radius 2 is 1.82 bits per heavy atom. The molecular formula is C20H22N4O3S. The lowest BCUT2D eigenvalue weighted by atomic mass is 9.93. The molecule has 0 aliphatic carbocycles. The first kappa shape index (κ1) is 19.6. The van der Waals surface area contributed by atoms with Gasteiger partial charge in [0.2, 0.25) is 0 Å². The second-order valence-electron chi connectivity index (χ2n) is 6.68. The summed E-state index contributed by atoms with van der Waals surface area (Å²) < 4.78 is 5.11. The summed E-state index contributed by atoms with van der Waals surface area (Å²) in [6.45, 7) is 1.72. The molecule has 2 aromatic rings. The largest absolute Gasteiger partial charge is 0.497 e. The Labute approximate surface area is 169 Å². The van der Waals surface area contributed by atoms with Crippen LogP contribution in [0.15, 0.2) is 54.6 Å². The minimum absolute atomic E-state index is 0.140. The number of aryl methyl sites for hydroxylation is 1. The quantitative estimate of drug-likeness (QED) is 0.513. The van der Waals surface area contributed by atoms with E-state index >= 15 is 0 Å². The van der Waals surface area contributed by atoms with Gasteiger partial charge in [0.25, 0.3) is 5.91 Å². The molecule has 7 nitrogen and oxygen atoms in total. The number of hydrazine groups is 1. The monoisotopic (exact) mass is 398 g/mol. The van der Waals surface area contributed by atoms with Crippen LogP contribution in [0.1, 0.15) is 18.9 Å². The standard InChI is InChI=1S/C20H22N4O3S/c1-20(13-12-14-6-4-3-5-7-14)17(25)24(19(26)22-20)23-18(28)21-15-8-10-16(27-2)11-9-15/h3-11H,12-13H2,1-2H3,(H,22,26)(H2,21,23,28)/t20-/m0/s1. The van der Waals surface area contributed by atoms with Gasteiger partial charge in [-0.15, -0.1) is 0 Å². The summed E-state index contributed by atoms with van der Waals surface area (Å²) in [6, 6.07) is 16.4. The van der Waals surface area contributed by atoms with Crippen LogP contribution in [0.5, 0.6) is 5.75 Å². The van der Waals surface area contributed by atoms with Crippen molar-refractivity contribution in [3.05, 3.63) is 60.2 Å². The number of urea groups is 1. The zero-order chi connectivity index (χ0) is 20.1. The third-order valence-corrected chi connectivity index (χ3v) is 4.77. The highest BCUT2D eigenvalue weighted by atomic mass is 32.1. The number of carbonyl (C=O) groups is 2. The maximum Gasteiger partial charge on any atom is 0.344 e. The van der Waals surface area contributed by atoms with Gasteiger partial charge in [-0.3, -0.25) is 10.2 Å². The van der Waals surface area contributed by atoms with Gasteiger partial charge in [-0.25, -0.2) is 4.79 Å². The molecule has 146 valence electrons. The van der Waals surface area contributed by atoms with E-state index < -0.39 is 11.6 Å². The molecule has 0 unspecified atom stereocenters. The first-order valence-corrected chi connectivity index (χ1v) is 9.24. The highest BCUT2D eigenvalue weighted by Crippen LogP contribution is 2.22. The number of amides is 3. The zero-order valence-electron chi connectivity index (χ0n) is 15.7. The van der Waals surface area contributed by atoms with Crippen LogP contribution >= 0.6 is 12.2 Å². The molecule has 1 heterocycles. The summed E-state index contributed by atoms with van der Waals surface area (Å²) in [6.07, 6.45) is 1.16. The number of benzene rings is 2. The summed E-state index contributed by atoms with van der Waals surface area (Å²) in [4.78, 5) is 25.1. The molecule has 0 bridgehead atoms. The Morgan fingerprint density at radius 1 is 1.14 bits per heavy atom. The van der Waals surface area contributed by atoms with E-state index in [4.69, 9.17) is 17.0 Å². The number of methoxy groups -OCH3 is 1. The van der Waals surface area contributed by atoms with E-state index in [9.17, 15) is 9.59 Å². The van der Waals surface area contributed by atoms with Gasteiger partial charge in [0, 0.05) is 5.69 Å². The molecule has 1 aliphatic heterocycles. The van der Waals surface area contributed by atoms with Crippen LogP contribution in [0.2, 0.25) is 0 Å². The van der Waals surface area contributed by atoms with E-state index in [0.29, 0.717) is 24.3 Å². The van der Waals surface area contributed by atoms with Crippen molar-refractivity contribution in [2.45, 2.75) is 25.3 Å². The summed E-state index contributed by atoms with van der Waals surface area (Å²) in [7, 11) is 1.58. The topological polar surface area (TPSA) is 82.7 Å². The van der Waals surface area contributed by atoms with Crippen LogP contribution < -0.4 is 20.8 Å². The van der Waals surface area contributed by atoms with Crippen LogP contribution in [-0.2, 0) is 11.2 Å². The van der Waals surface area contributed by atoms with Gasteiger partial charge in [-0.2, -0.15) is 5.01 Å². The molecule has 3 amide bonds. The number of imide groups is 1. The van der Waals surface area contributed by atoms with Gasteiger partial charge in [-0.05, 0) is 61.8 Å². The average molecular weight is 398 g/mol. The fourth-order valence-corrected chi connectivity index (χ4v) is 3.14. The average Bonchev–Trinajstić information content (AvgIpc) is 2.91. The number of nitrogens with zero attached hydrogens (tertiary/aromatic N) is 1. The van der Waals surface area contributed by atoms with Crippen molar-refractivity contribution < 1.29 is 14.3 Å². The van der Waals surface area contributed by atoms with Gasteiger partial charge in [0.15, 0.2) is 5.11 Å². The molecule has 8 heteroatoms. The van der Waals surface area contributed by atoms with Crippen LogP contribution in [-0.4, -0.2) is 34.7 Å². The second-order valence-corrected chi connectivity index (χ2v) is 7.09. The lowest BCUT2D eigenvalue weighted by Crippen LogP contribution is -2.50. The van der Waals surface area contributed by atoms with Gasteiger partial charge in [-0.1, -0.05) is 30.3 Å².